The smallest absolute Gasteiger partial charge is 0.219 e. The van der Waals surface area contributed by atoms with Gasteiger partial charge in [0.1, 0.15) is 0 Å². The van der Waals surface area contributed by atoms with E-state index in [0.717, 1.165) is 39.0 Å². The number of amides is 1. The van der Waals surface area contributed by atoms with E-state index in [4.69, 9.17) is 0 Å². The zero-order valence-corrected chi connectivity index (χ0v) is 13.6. The Morgan fingerprint density at radius 3 is 2.71 bits per heavy atom. The van der Waals surface area contributed by atoms with Crippen LogP contribution in [0.4, 0.5) is 0 Å². The second kappa shape index (κ2) is 7.60. The van der Waals surface area contributed by atoms with Crippen LogP contribution in [-0.4, -0.2) is 48.9 Å². The predicted octanol–water partition coefficient (Wildman–Crippen LogP) is 2.67. The molecule has 0 aliphatic carbocycles. The summed E-state index contributed by atoms with van der Waals surface area (Å²) >= 11 is 0. The molecular formula is C18H28N2O. The van der Waals surface area contributed by atoms with E-state index in [1.165, 1.54) is 5.56 Å². The van der Waals surface area contributed by atoms with Gasteiger partial charge in [0.15, 0.2) is 0 Å². The lowest BCUT2D eigenvalue weighted by Crippen LogP contribution is -2.32. The van der Waals surface area contributed by atoms with Gasteiger partial charge in [0.2, 0.25) is 5.91 Å². The molecule has 0 spiro atoms. The van der Waals surface area contributed by atoms with Gasteiger partial charge < -0.3 is 9.80 Å². The van der Waals surface area contributed by atoms with E-state index < -0.39 is 0 Å². The number of likely N-dealkylation sites (tertiary alicyclic amines) is 1. The Morgan fingerprint density at radius 2 is 2.10 bits per heavy atom. The normalized spacial score (nSPS) is 20.0. The fraction of sp³-hybridized carbons (Fsp3) is 0.611. The van der Waals surface area contributed by atoms with Crippen LogP contribution in [-0.2, 0) is 11.2 Å². The van der Waals surface area contributed by atoms with Gasteiger partial charge in [-0.25, -0.2) is 0 Å². The Kier molecular flexibility index (Phi) is 5.80. The van der Waals surface area contributed by atoms with Crippen LogP contribution in [0.1, 0.15) is 25.8 Å². The molecule has 1 amide bonds. The number of hydrogen-bond acceptors (Lipinski definition) is 2. The highest BCUT2D eigenvalue weighted by Crippen LogP contribution is 2.18. The van der Waals surface area contributed by atoms with Crippen LogP contribution in [0.2, 0.25) is 0 Å². The number of nitrogens with zero attached hydrogens (tertiary/aromatic N) is 2. The first-order chi connectivity index (χ1) is 10.0. The summed E-state index contributed by atoms with van der Waals surface area (Å²) in [5, 5.41) is 0. The topological polar surface area (TPSA) is 23.6 Å². The molecule has 3 nitrogen and oxygen atoms in total. The third-order valence-electron chi connectivity index (χ3n) is 4.35. The van der Waals surface area contributed by atoms with Crippen molar-refractivity contribution >= 4 is 5.91 Å². The summed E-state index contributed by atoms with van der Waals surface area (Å²) in [6.07, 6.45) is 2.28. The molecule has 3 heteroatoms. The Balaban J connectivity index is 1.72. The summed E-state index contributed by atoms with van der Waals surface area (Å²) in [6.45, 7) is 8.09. The fourth-order valence-corrected chi connectivity index (χ4v) is 3.40. The van der Waals surface area contributed by atoms with E-state index in [1.54, 1.807) is 6.92 Å². The highest BCUT2D eigenvalue weighted by Gasteiger charge is 2.25. The van der Waals surface area contributed by atoms with Gasteiger partial charge >= 0.3 is 0 Å². The highest BCUT2D eigenvalue weighted by molar-refractivity contribution is 5.73. The molecule has 1 heterocycles. The Morgan fingerprint density at radius 1 is 1.38 bits per heavy atom. The molecule has 0 aromatic heterocycles. The first-order valence-electron chi connectivity index (χ1n) is 8.02. The van der Waals surface area contributed by atoms with Gasteiger partial charge in [-0.05, 0) is 37.3 Å². The van der Waals surface area contributed by atoms with Gasteiger partial charge in [-0.2, -0.15) is 0 Å². The van der Waals surface area contributed by atoms with Crippen molar-refractivity contribution in [1.82, 2.24) is 9.80 Å². The van der Waals surface area contributed by atoms with Crippen molar-refractivity contribution < 1.29 is 4.79 Å². The quantitative estimate of drug-likeness (QED) is 0.803. The van der Waals surface area contributed by atoms with Crippen LogP contribution in [0.3, 0.4) is 0 Å². The van der Waals surface area contributed by atoms with E-state index in [0.29, 0.717) is 11.8 Å². The molecule has 1 aromatic carbocycles. The molecule has 1 fully saturated rings. The number of hydrogen-bond donors (Lipinski definition) is 0. The molecule has 0 N–H and O–H groups in total. The minimum Gasteiger partial charge on any atom is -0.343 e. The Labute approximate surface area is 128 Å². The van der Waals surface area contributed by atoms with Gasteiger partial charge in [0, 0.05) is 33.1 Å². The van der Waals surface area contributed by atoms with Crippen LogP contribution in [0, 0.1) is 11.8 Å². The summed E-state index contributed by atoms with van der Waals surface area (Å²) in [5.74, 6) is 1.52. The van der Waals surface area contributed by atoms with Crippen molar-refractivity contribution in [3.8, 4) is 0 Å². The van der Waals surface area contributed by atoms with Crippen LogP contribution in [0.5, 0.6) is 0 Å². The molecule has 116 valence electrons. The van der Waals surface area contributed by atoms with Crippen molar-refractivity contribution in [2.24, 2.45) is 11.8 Å². The van der Waals surface area contributed by atoms with Crippen LogP contribution >= 0.6 is 0 Å². The van der Waals surface area contributed by atoms with Crippen molar-refractivity contribution in [1.29, 1.82) is 0 Å². The van der Waals surface area contributed by atoms with Crippen LogP contribution < -0.4 is 0 Å². The Bertz CT molecular complexity index is 446. The zero-order chi connectivity index (χ0) is 15.2. The first kappa shape index (κ1) is 16.0. The molecule has 0 bridgehead atoms. The average molecular weight is 288 g/mol. The van der Waals surface area contributed by atoms with Crippen LogP contribution in [0.15, 0.2) is 30.3 Å². The van der Waals surface area contributed by atoms with Crippen molar-refractivity contribution in [2.45, 2.75) is 26.7 Å². The van der Waals surface area contributed by atoms with E-state index in [9.17, 15) is 4.79 Å². The van der Waals surface area contributed by atoms with Gasteiger partial charge in [-0.1, -0.05) is 37.3 Å². The molecule has 0 saturated carbocycles. The SMILES string of the molecule is CC(=O)N1CC[C@@H](CN(C)C[C@@H](C)Cc2ccccc2)C1. The second-order valence-electron chi connectivity index (χ2n) is 6.64. The third kappa shape index (κ3) is 5.16. The summed E-state index contributed by atoms with van der Waals surface area (Å²) in [7, 11) is 2.21. The van der Waals surface area contributed by atoms with Gasteiger partial charge in [0.25, 0.3) is 0 Å². The maximum atomic E-state index is 11.4. The monoisotopic (exact) mass is 288 g/mol. The van der Waals surface area contributed by atoms with E-state index in [-0.39, 0.29) is 5.91 Å². The first-order valence-corrected chi connectivity index (χ1v) is 8.02. The van der Waals surface area contributed by atoms with E-state index in [2.05, 4.69) is 49.2 Å². The van der Waals surface area contributed by atoms with Gasteiger partial charge in [-0.3, -0.25) is 4.79 Å². The fourth-order valence-electron chi connectivity index (χ4n) is 3.40. The van der Waals surface area contributed by atoms with E-state index >= 15 is 0 Å². The standard InChI is InChI=1S/C18H28N2O/c1-15(11-17-7-5-4-6-8-17)12-19(3)13-18-9-10-20(14-18)16(2)21/h4-8,15,18H,9-14H2,1-3H3/t15-,18-/m0/s1. The molecule has 1 aromatic rings. The van der Waals surface area contributed by atoms with Crippen molar-refractivity contribution in [3.05, 3.63) is 35.9 Å². The van der Waals surface area contributed by atoms with Gasteiger partial charge in [0.05, 0.1) is 0 Å². The molecule has 21 heavy (non-hydrogen) atoms. The lowest BCUT2D eigenvalue weighted by Gasteiger charge is -2.24. The summed E-state index contributed by atoms with van der Waals surface area (Å²) in [5.41, 5.74) is 1.42. The average Bonchev–Trinajstić information content (AvgIpc) is 2.88. The van der Waals surface area contributed by atoms with E-state index in [1.807, 2.05) is 4.90 Å². The predicted molar refractivity (Wildman–Crippen MR) is 87.2 cm³/mol. The minimum atomic E-state index is 0.220. The summed E-state index contributed by atoms with van der Waals surface area (Å²) in [6, 6.07) is 10.7. The molecule has 1 aliphatic heterocycles. The van der Waals surface area contributed by atoms with Crippen LogP contribution in [0.25, 0.3) is 0 Å². The largest absolute Gasteiger partial charge is 0.343 e. The van der Waals surface area contributed by atoms with Gasteiger partial charge in [-0.15, -0.1) is 0 Å². The number of carbonyl (C=O) groups is 1. The minimum absolute atomic E-state index is 0.220. The maximum absolute atomic E-state index is 11.4. The third-order valence-corrected chi connectivity index (χ3v) is 4.35. The number of rotatable bonds is 6. The second-order valence-corrected chi connectivity index (χ2v) is 6.64. The Hall–Kier alpha value is -1.35. The lowest BCUT2D eigenvalue weighted by molar-refractivity contribution is -0.127. The molecule has 0 unspecified atom stereocenters. The molecular weight excluding hydrogens is 260 g/mol. The lowest BCUT2D eigenvalue weighted by atomic mass is 10.00. The molecule has 2 atom stereocenters. The number of benzene rings is 1. The molecule has 1 aliphatic rings. The maximum Gasteiger partial charge on any atom is 0.219 e. The van der Waals surface area contributed by atoms with Crippen molar-refractivity contribution in [2.75, 3.05) is 33.2 Å². The summed E-state index contributed by atoms with van der Waals surface area (Å²) in [4.78, 5) is 15.8. The highest BCUT2D eigenvalue weighted by atomic mass is 16.2. The number of carbonyl (C=O) groups excluding carboxylic acids is 1. The molecule has 1 saturated heterocycles. The molecule has 2 rings (SSSR count). The zero-order valence-electron chi connectivity index (χ0n) is 13.6. The summed E-state index contributed by atoms with van der Waals surface area (Å²) < 4.78 is 0. The molecule has 0 radical (unpaired) electrons. The van der Waals surface area contributed by atoms with Crippen molar-refractivity contribution in [3.63, 3.8) is 0 Å².